The van der Waals surface area contributed by atoms with Crippen LogP contribution in [0.3, 0.4) is 0 Å². The maximum Gasteiger partial charge on any atom is 0.389 e. The number of ether oxygens (including phenoxy) is 1. The second-order valence-electron chi connectivity index (χ2n) is 4.21. The van der Waals surface area contributed by atoms with Crippen molar-refractivity contribution in [1.82, 2.24) is 0 Å². The number of benzene rings is 1. The van der Waals surface area contributed by atoms with E-state index in [9.17, 15) is 18.0 Å². The van der Waals surface area contributed by atoms with Gasteiger partial charge in [-0.15, -0.1) is 0 Å². The van der Waals surface area contributed by atoms with Crippen LogP contribution in [0.2, 0.25) is 0 Å². The number of anilines is 1. The lowest BCUT2D eigenvalue weighted by molar-refractivity contribution is -0.135. The topological polar surface area (TPSA) is 38.3 Å². The van der Waals surface area contributed by atoms with Crippen LogP contribution >= 0.6 is 15.9 Å². The molecule has 0 bridgehead atoms. The molecular weight excluding hydrogens is 327 g/mol. The first-order valence-electron chi connectivity index (χ1n) is 5.62. The third-order valence-corrected chi connectivity index (χ3v) is 3.67. The lowest BCUT2D eigenvalue weighted by atomic mass is 10.1. The predicted octanol–water partition coefficient (Wildman–Crippen LogP) is 3.80. The molecule has 1 aliphatic heterocycles. The van der Waals surface area contributed by atoms with Gasteiger partial charge in [0.15, 0.2) is 6.61 Å². The van der Waals surface area contributed by atoms with Crippen molar-refractivity contribution in [2.24, 2.45) is 0 Å². The van der Waals surface area contributed by atoms with Crippen molar-refractivity contribution in [1.29, 1.82) is 0 Å². The van der Waals surface area contributed by atoms with Gasteiger partial charge in [0.2, 0.25) is 0 Å². The van der Waals surface area contributed by atoms with Gasteiger partial charge >= 0.3 is 6.18 Å². The summed E-state index contributed by atoms with van der Waals surface area (Å²) in [6, 6.07) is 4.96. The van der Waals surface area contributed by atoms with Gasteiger partial charge in [-0.25, -0.2) is 0 Å². The molecule has 19 heavy (non-hydrogen) atoms. The average molecular weight is 338 g/mol. The second kappa shape index (κ2) is 5.40. The molecule has 0 saturated heterocycles. The number of hydrogen-bond acceptors (Lipinski definition) is 2. The standard InChI is InChI=1S/C12H11BrF3NO2/c13-8(3-4-12(14,15)16)7-1-2-10-9(5-7)17-11(18)6-19-10/h1-2,5,8H,3-4,6H2,(H,17,18). The number of alkyl halides is 4. The highest BCUT2D eigenvalue weighted by Gasteiger charge is 2.28. The van der Waals surface area contributed by atoms with Crippen LogP contribution in [0.15, 0.2) is 18.2 Å². The Morgan fingerprint density at radius 2 is 2.16 bits per heavy atom. The van der Waals surface area contributed by atoms with Crippen LogP contribution in [0.25, 0.3) is 0 Å². The largest absolute Gasteiger partial charge is 0.482 e. The number of nitrogens with one attached hydrogen (secondary N) is 1. The van der Waals surface area contributed by atoms with Crippen molar-refractivity contribution in [3.63, 3.8) is 0 Å². The van der Waals surface area contributed by atoms with Gasteiger partial charge < -0.3 is 10.1 Å². The highest BCUT2D eigenvalue weighted by Crippen LogP contribution is 2.37. The fourth-order valence-electron chi connectivity index (χ4n) is 1.75. The Morgan fingerprint density at radius 1 is 1.42 bits per heavy atom. The molecule has 0 spiro atoms. The minimum Gasteiger partial charge on any atom is -0.482 e. The van der Waals surface area contributed by atoms with E-state index in [0.29, 0.717) is 17.0 Å². The molecule has 2 rings (SSSR count). The van der Waals surface area contributed by atoms with Crippen molar-refractivity contribution in [3.8, 4) is 5.75 Å². The Kier molecular flexibility index (Phi) is 4.03. The molecule has 7 heteroatoms. The molecule has 0 saturated carbocycles. The van der Waals surface area contributed by atoms with Crippen molar-refractivity contribution >= 4 is 27.5 Å². The number of hydrogen-bond donors (Lipinski definition) is 1. The van der Waals surface area contributed by atoms with Crippen LogP contribution < -0.4 is 10.1 Å². The molecule has 1 aromatic carbocycles. The van der Waals surface area contributed by atoms with Gasteiger partial charge in [-0.3, -0.25) is 4.79 Å². The van der Waals surface area contributed by atoms with E-state index in [1.807, 2.05) is 0 Å². The van der Waals surface area contributed by atoms with Gasteiger partial charge in [-0.05, 0) is 24.1 Å². The molecule has 1 N–H and O–H groups in total. The summed E-state index contributed by atoms with van der Waals surface area (Å²) in [6.45, 7) is -0.0435. The highest BCUT2D eigenvalue weighted by molar-refractivity contribution is 9.09. The number of carbonyl (C=O) groups is 1. The summed E-state index contributed by atoms with van der Waals surface area (Å²) in [5.74, 6) is 0.255. The summed E-state index contributed by atoms with van der Waals surface area (Å²) < 4.78 is 41.7. The van der Waals surface area contributed by atoms with E-state index < -0.39 is 17.4 Å². The van der Waals surface area contributed by atoms with Crippen molar-refractivity contribution in [2.75, 3.05) is 11.9 Å². The van der Waals surface area contributed by atoms with Crippen LogP contribution in [0.4, 0.5) is 18.9 Å². The second-order valence-corrected chi connectivity index (χ2v) is 5.32. The Balaban J connectivity index is 2.08. The van der Waals surface area contributed by atoms with Crippen molar-refractivity contribution < 1.29 is 22.7 Å². The Morgan fingerprint density at radius 3 is 2.84 bits per heavy atom. The summed E-state index contributed by atoms with van der Waals surface area (Å²) >= 11 is 3.23. The summed E-state index contributed by atoms with van der Waals surface area (Å²) in [5, 5.41) is 2.62. The lowest BCUT2D eigenvalue weighted by Gasteiger charge is -2.20. The Hall–Kier alpha value is -1.24. The van der Waals surface area contributed by atoms with Gasteiger partial charge in [-0.1, -0.05) is 22.0 Å². The minimum atomic E-state index is -4.17. The average Bonchev–Trinajstić information content (AvgIpc) is 2.34. The van der Waals surface area contributed by atoms with E-state index in [2.05, 4.69) is 21.2 Å². The first-order chi connectivity index (χ1) is 8.85. The molecule has 1 atom stereocenters. The van der Waals surface area contributed by atoms with Crippen LogP contribution in [-0.4, -0.2) is 18.7 Å². The molecule has 0 aromatic heterocycles. The third kappa shape index (κ3) is 3.86. The van der Waals surface area contributed by atoms with Gasteiger partial charge in [0.05, 0.1) is 5.69 Å². The van der Waals surface area contributed by atoms with E-state index in [0.717, 1.165) is 0 Å². The molecule has 0 aliphatic carbocycles. The van der Waals surface area contributed by atoms with Crippen molar-refractivity contribution in [2.45, 2.75) is 23.8 Å². The SMILES string of the molecule is O=C1COc2ccc(C(Br)CCC(F)(F)F)cc2N1. The predicted molar refractivity (Wildman–Crippen MR) is 67.5 cm³/mol. The third-order valence-electron chi connectivity index (χ3n) is 2.68. The minimum absolute atomic E-state index is 0.0435. The number of amides is 1. The van der Waals surface area contributed by atoms with E-state index in [1.54, 1.807) is 18.2 Å². The monoisotopic (exact) mass is 337 g/mol. The quantitative estimate of drug-likeness (QED) is 0.852. The first kappa shape index (κ1) is 14.2. The van der Waals surface area contributed by atoms with Gasteiger partial charge in [0.25, 0.3) is 5.91 Å². The Labute approximate surface area is 116 Å². The zero-order chi connectivity index (χ0) is 14.0. The number of fused-ring (bicyclic) bond motifs is 1. The molecule has 0 fully saturated rings. The number of rotatable bonds is 3. The summed E-state index contributed by atoms with van der Waals surface area (Å²) in [7, 11) is 0. The summed E-state index contributed by atoms with van der Waals surface area (Å²) in [6.07, 6.45) is -5.09. The van der Waals surface area contributed by atoms with Crippen LogP contribution in [-0.2, 0) is 4.79 Å². The van der Waals surface area contributed by atoms with E-state index in [4.69, 9.17) is 4.74 Å². The fraction of sp³-hybridized carbons (Fsp3) is 0.417. The molecule has 1 aliphatic rings. The molecule has 1 amide bonds. The lowest BCUT2D eigenvalue weighted by Crippen LogP contribution is -2.25. The van der Waals surface area contributed by atoms with Gasteiger partial charge in [0, 0.05) is 11.2 Å². The highest BCUT2D eigenvalue weighted by atomic mass is 79.9. The normalized spacial score (nSPS) is 16.3. The maximum atomic E-state index is 12.2. The number of carbonyl (C=O) groups excluding carboxylic acids is 1. The van der Waals surface area contributed by atoms with Gasteiger partial charge in [0.1, 0.15) is 5.75 Å². The van der Waals surface area contributed by atoms with Crippen LogP contribution in [0, 0.1) is 0 Å². The van der Waals surface area contributed by atoms with E-state index in [1.165, 1.54) is 0 Å². The summed E-state index contributed by atoms with van der Waals surface area (Å²) in [5.41, 5.74) is 1.17. The van der Waals surface area contributed by atoms with Crippen LogP contribution in [0.5, 0.6) is 5.75 Å². The van der Waals surface area contributed by atoms with Crippen LogP contribution in [0.1, 0.15) is 23.2 Å². The van der Waals surface area contributed by atoms with Crippen molar-refractivity contribution in [3.05, 3.63) is 23.8 Å². The molecule has 3 nitrogen and oxygen atoms in total. The Bertz CT molecular complexity index is 490. The zero-order valence-corrected chi connectivity index (χ0v) is 11.3. The smallest absolute Gasteiger partial charge is 0.389 e. The van der Waals surface area contributed by atoms with E-state index >= 15 is 0 Å². The zero-order valence-electron chi connectivity index (χ0n) is 9.76. The van der Waals surface area contributed by atoms with E-state index in [-0.39, 0.29) is 18.9 Å². The molecule has 1 aromatic rings. The molecular formula is C12H11BrF3NO2. The number of halogens is 4. The fourth-order valence-corrected chi connectivity index (χ4v) is 2.27. The molecule has 0 radical (unpaired) electrons. The maximum absolute atomic E-state index is 12.2. The molecule has 1 heterocycles. The molecule has 104 valence electrons. The first-order valence-corrected chi connectivity index (χ1v) is 6.54. The van der Waals surface area contributed by atoms with Gasteiger partial charge in [-0.2, -0.15) is 13.2 Å². The summed E-state index contributed by atoms with van der Waals surface area (Å²) in [4.78, 5) is 10.7. The molecule has 1 unspecified atom stereocenters.